The molecule has 0 aliphatic rings. The number of thiocarbonyl (C=S) groups is 1. The van der Waals surface area contributed by atoms with Gasteiger partial charge in [-0.15, -0.1) is 0 Å². The lowest BCUT2D eigenvalue weighted by Gasteiger charge is -2.27. The maximum atomic E-state index is 11.6. The molecule has 0 saturated carbocycles. The largest absolute Gasteiger partial charge is 0.391 e. The molecule has 0 bridgehead atoms. The summed E-state index contributed by atoms with van der Waals surface area (Å²) in [6.07, 6.45) is 1.95. The van der Waals surface area contributed by atoms with E-state index in [1.165, 1.54) is 12.3 Å². The maximum Gasteiger partial charge on any atom is 0.274 e. The smallest absolute Gasteiger partial charge is 0.274 e. The molecule has 0 aliphatic carbocycles. The van der Waals surface area contributed by atoms with E-state index in [-0.39, 0.29) is 16.6 Å². The number of hydrogen-bond donors (Lipinski definition) is 2. The van der Waals surface area contributed by atoms with Gasteiger partial charge in [0.2, 0.25) is 0 Å². The third kappa shape index (κ3) is 2.53. The van der Waals surface area contributed by atoms with Crippen molar-refractivity contribution >= 4 is 23.1 Å². The lowest BCUT2D eigenvalue weighted by atomic mass is 9.99. The minimum absolute atomic E-state index is 0.214. The summed E-state index contributed by atoms with van der Waals surface area (Å²) in [5.74, 6) is -0.346. The molecule has 1 atom stereocenters. The molecule has 0 radical (unpaired) electrons. The fourth-order valence-corrected chi connectivity index (χ4v) is 1.16. The first kappa shape index (κ1) is 11.6. The summed E-state index contributed by atoms with van der Waals surface area (Å²) < 4.78 is 4.57. The van der Waals surface area contributed by atoms with Crippen LogP contribution >= 0.6 is 12.2 Å². The van der Waals surface area contributed by atoms with Gasteiger partial charge in [-0.2, -0.15) is 0 Å². The summed E-state index contributed by atoms with van der Waals surface area (Å²) in [7, 11) is 0. The van der Waals surface area contributed by atoms with E-state index in [0.717, 1.165) is 0 Å². The molecule has 1 amide bonds. The topological polar surface area (TPSA) is 81.2 Å². The Kier molecular flexibility index (Phi) is 3.41. The summed E-state index contributed by atoms with van der Waals surface area (Å²) in [5, 5.41) is 6.24. The first-order valence-corrected chi connectivity index (χ1v) is 4.93. The Labute approximate surface area is 93.0 Å². The summed E-state index contributed by atoms with van der Waals surface area (Å²) in [4.78, 5) is 11.9. The number of nitrogens with one attached hydrogen (secondary N) is 1. The van der Waals surface area contributed by atoms with Gasteiger partial charge < -0.3 is 15.6 Å². The van der Waals surface area contributed by atoms with Crippen molar-refractivity contribution in [3.05, 3.63) is 18.0 Å². The first-order chi connectivity index (χ1) is 6.99. The predicted molar refractivity (Wildman–Crippen MR) is 59.5 cm³/mol. The van der Waals surface area contributed by atoms with Crippen LogP contribution in [0.15, 0.2) is 16.9 Å². The van der Waals surface area contributed by atoms with Gasteiger partial charge in [0.25, 0.3) is 5.91 Å². The van der Waals surface area contributed by atoms with Crippen molar-refractivity contribution in [3.8, 4) is 0 Å². The summed E-state index contributed by atoms with van der Waals surface area (Å²) in [6, 6.07) is 1.48. The van der Waals surface area contributed by atoms with Gasteiger partial charge >= 0.3 is 0 Å². The van der Waals surface area contributed by atoms with Crippen molar-refractivity contribution in [2.24, 2.45) is 5.73 Å². The van der Waals surface area contributed by atoms with Crippen molar-refractivity contribution < 1.29 is 9.32 Å². The molecule has 82 valence electrons. The summed E-state index contributed by atoms with van der Waals surface area (Å²) in [6.45, 7) is 3.66. The third-order valence-electron chi connectivity index (χ3n) is 2.31. The van der Waals surface area contributed by atoms with Gasteiger partial charge in [-0.3, -0.25) is 4.79 Å². The Morgan fingerprint density at radius 2 is 2.47 bits per heavy atom. The average molecular weight is 227 g/mol. The van der Waals surface area contributed by atoms with Crippen LogP contribution in [0.2, 0.25) is 0 Å². The van der Waals surface area contributed by atoms with Crippen LogP contribution in [0.1, 0.15) is 30.8 Å². The molecule has 0 fully saturated rings. The van der Waals surface area contributed by atoms with Crippen LogP contribution in [-0.2, 0) is 0 Å². The number of nitrogens with zero attached hydrogens (tertiary/aromatic N) is 1. The van der Waals surface area contributed by atoms with Gasteiger partial charge in [-0.1, -0.05) is 24.3 Å². The van der Waals surface area contributed by atoms with Crippen LogP contribution in [0.5, 0.6) is 0 Å². The molecule has 1 heterocycles. The Morgan fingerprint density at radius 3 is 2.87 bits per heavy atom. The standard InChI is InChI=1S/C9H13N3O2S/c1-3-9(2,8(10)15)11-7(13)6-4-5-14-12-6/h4-5H,3H2,1-2H3,(H2,10,15)(H,11,13). The highest BCUT2D eigenvalue weighted by molar-refractivity contribution is 7.80. The minimum atomic E-state index is -0.689. The van der Waals surface area contributed by atoms with Crippen molar-refractivity contribution in [1.29, 1.82) is 0 Å². The van der Waals surface area contributed by atoms with Crippen LogP contribution in [0, 0.1) is 0 Å². The molecule has 1 rings (SSSR count). The number of carbonyl (C=O) groups excluding carboxylic acids is 1. The molecule has 5 nitrogen and oxygen atoms in total. The van der Waals surface area contributed by atoms with Crippen molar-refractivity contribution in [1.82, 2.24) is 10.5 Å². The molecule has 0 saturated heterocycles. The van der Waals surface area contributed by atoms with E-state index in [1.54, 1.807) is 6.92 Å². The molecule has 1 aromatic rings. The van der Waals surface area contributed by atoms with E-state index in [4.69, 9.17) is 18.0 Å². The number of hydrogen-bond acceptors (Lipinski definition) is 4. The molecule has 1 unspecified atom stereocenters. The highest BCUT2D eigenvalue weighted by atomic mass is 32.1. The number of carbonyl (C=O) groups is 1. The van der Waals surface area contributed by atoms with Gasteiger partial charge in [0, 0.05) is 6.07 Å². The van der Waals surface area contributed by atoms with E-state index in [0.29, 0.717) is 6.42 Å². The van der Waals surface area contributed by atoms with Gasteiger partial charge in [-0.05, 0) is 13.3 Å². The quantitative estimate of drug-likeness (QED) is 0.745. The fourth-order valence-electron chi connectivity index (χ4n) is 0.968. The van der Waals surface area contributed by atoms with Crippen LogP contribution in [0.4, 0.5) is 0 Å². The predicted octanol–water partition coefficient (Wildman–Crippen LogP) is 0.859. The minimum Gasteiger partial charge on any atom is -0.391 e. The Hall–Kier alpha value is -1.43. The van der Waals surface area contributed by atoms with Gasteiger partial charge in [0.05, 0.1) is 10.5 Å². The molecule has 6 heteroatoms. The molecule has 0 aliphatic heterocycles. The average Bonchev–Trinajstić information content (AvgIpc) is 2.70. The lowest BCUT2D eigenvalue weighted by Crippen LogP contribution is -2.54. The van der Waals surface area contributed by atoms with Crippen molar-refractivity contribution in [2.45, 2.75) is 25.8 Å². The second-order valence-corrected chi connectivity index (χ2v) is 3.83. The van der Waals surface area contributed by atoms with E-state index in [2.05, 4.69) is 15.0 Å². The molecular formula is C9H13N3O2S. The third-order valence-corrected chi connectivity index (χ3v) is 2.76. The molecule has 1 aromatic heterocycles. The zero-order valence-corrected chi connectivity index (χ0v) is 9.43. The first-order valence-electron chi connectivity index (χ1n) is 4.52. The van der Waals surface area contributed by atoms with Crippen LogP contribution < -0.4 is 11.1 Å². The number of aromatic nitrogens is 1. The summed E-state index contributed by atoms with van der Waals surface area (Å²) >= 11 is 4.90. The Bertz CT molecular complexity index is 363. The van der Waals surface area contributed by atoms with Crippen molar-refractivity contribution in [3.63, 3.8) is 0 Å². The van der Waals surface area contributed by atoms with Crippen LogP contribution in [-0.4, -0.2) is 21.6 Å². The number of rotatable bonds is 4. The van der Waals surface area contributed by atoms with E-state index in [1.807, 2.05) is 6.92 Å². The molecule has 15 heavy (non-hydrogen) atoms. The monoisotopic (exact) mass is 227 g/mol. The van der Waals surface area contributed by atoms with Crippen LogP contribution in [0.25, 0.3) is 0 Å². The van der Waals surface area contributed by atoms with E-state index in [9.17, 15) is 4.79 Å². The zero-order valence-electron chi connectivity index (χ0n) is 8.61. The lowest BCUT2D eigenvalue weighted by molar-refractivity contribution is 0.0917. The highest BCUT2D eigenvalue weighted by Gasteiger charge is 2.28. The Balaban J connectivity index is 2.77. The normalized spacial score (nSPS) is 14.3. The van der Waals surface area contributed by atoms with Crippen LogP contribution in [0.3, 0.4) is 0 Å². The molecule has 0 aromatic carbocycles. The zero-order chi connectivity index (χ0) is 11.5. The SMILES string of the molecule is CCC(C)(NC(=O)c1ccon1)C(N)=S. The second kappa shape index (κ2) is 4.39. The second-order valence-electron chi connectivity index (χ2n) is 3.39. The molecular weight excluding hydrogens is 214 g/mol. The maximum absolute atomic E-state index is 11.6. The summed E-state index contributed by atoms with van der Waals surface area (Å²) in [5.41, 5.74) is 5.08. The number of amides is 1. The fraction of sp³-hybridized carbons (Fsp3) is 0.444. The Morgan fingerprint density at radius 1 is 1.80 bits per heavy atom. The van der Waals surface area contributed by atoms with Gasteiger partial charge in [0.1, 0.15) is 6.26 Å². The van der Waals surface area contributed by atoms with E-state index >= 15 is 0 Å². The molecule has 3 N–H and O–H groups in total. The highest BCUT2D eigenvalue weighted by Crippen LogP contribution is 2.10. The van der Waals surface area contributed by atoms with Gasteiger partial charge in [0.15, 0.2) is 5.69 Å². The number of nitrogens with two attached hydrogens (primary N) is 1. The van der Waals surface area contributed by atoms with Crippen molar-refractivity contribution in [2.75, 3.05) is 0 Å². The molecule has 0 spiro atoms. The van der Waals surface area contributed by atoms with E-state index < -0.39 is 5.54 Å². The van der Waals surface area contributed by atoms with Gasteiger partial charge in [-0.25, -0.2) is 0 Å².